The Kier molecular flexibility index (Phi) is 4.56. The van der Waals surface area contributed by atoms with Gasteiger partial charge in [0.1, 0.15) is 17.3 Å². The fourth-order valence-corrected chi connectivity index (χ4v) is 4.63. The normalized spacial score (nSPS) is 20.7. The summed E-state index contributed by atoms with van der Waals surface area (Å²) in [7, 11) is 0. The van der Waals surface area contributed by atoms with E-state index >= 15 is 0 Å². The van der Waals surface area contributed by atoms with E-state index in [9.17, 15) is 5.11 Å². The van der Waals surface area contributed by atoms with Gasteiger partial charge in [-0.25, -0.2) is 9.97 Å². The minimum Gasteiger partial charge on any atom is -0.394 e. The maximum atomic E-state index is 9.63. The van der Waals surface area contributed by atoms with Crippen molar-refractivity contribution in [1.29, 1.82) is 0 Å². The zero-order valence-corrected chi connectivity index (χ0v) is 16.4. The molecule has 0 aromatic carbocycles. The van der Waals surface area contributed by atoms with Crippen molar-refractivity contribution >= 4 is 5.82 Å². The molecule has 5 rings (SSSR count). The van der Waals surface area contributed by atoms with Crippen LogP contribution in [0.15, 0.2) is 36.5 Å². The molecule has 2 bridgehead atoms. The molecule has 150 valence electrons. The molecule has 3 N–H and O–H groups in total. The highest BCUT2D eigenvalue weighted by atomic mass is 16.3. The molecule has 7 nitrogen and oxygen atoms in total. The molecule has 2 aliphatic rings. The average Bonchev–Trinajstić information content (AvgIpc) is 3.44. The summed E-state index contributed by atoms with van der Waals surface area (Å²) in [6.45, 7) is 1.96. The van der Waals surface area contributed by atoms with E-state index in [4.69, 9.17) is 15.1 Å². The highest BCUT2D eigenvalue weighted by Gasteiger charge is 2.41. The predicted octanol–water partition coefficient (Wildman–Crippen LogP) is 2.90. The quantitative estimate of drug-likeness (QED) is 0.598. The summed E-state index contributed by atoms with van der Waals surface area (Å²) >= 11 is 0. The Bertz CT molecular complexity index is 1050. The number of nitrogens with one attached hydrogen (secondary N) is 1. The fraction of sp³-hybridized carbons (Fsp3) is 0.409. The molecule has 1 aliphatic heterocycles. The summed E-state index contributed by atoms with van der Waals surface area (Å²) in [5.74, 6) is 2.38. The van der Waals surface area contributed by atoms with Gasteiger partial charge in [0.05, 0.1) is 24.1 Å². The SMILES string of the molecule is Cc1cccc(-c2nc3n(c2-c2ccnc(NCC(O)CO)c2)[C@H]2CC[C@@H]3C2)n1. The van der Waals surface area contributed by atoms with Gasteiger partial charge in [0.25, 0.3) is 0 Å². The number of hydrogen-bond donors (Lipinski definition) is 3. The lowest BCUT2D eigenvalue weighted by molar-refractivity contribution is 0.105. The molecule has 1 unspecified atom stereocenters. The third-order valence-electron chi connectivity index (χ3n) is 5.97. The molecule has 1 aliphatic carbocycles. The number of hydrogen-bond acceptors (Lipinski definition) is 6. The number of rotatable bonds is 6. The molecule has 1 saturated carbocycles. The minimum atomic E-state index is -0.817. The van der Waals surface area contributed by atoms with Crippen molar-refractivity contribution < 1.29 is 10.2 Å². The van der Waals surface area contributed by atoms with Crippen molar-refractivity contribution in [2.75, 3.05) is 18.5 Å². The number of anilines is 1. The Morgan fingerprint density at radius 1 is 1.24 bits per heavy atom. The van der Waals surface area contributed by atoms with E-state index < -0.39 is 6.10 Å². The summed E-state index contributed by atoms with van der Waals surface area (Å²) in [5.41, 5.74) is 4.92. The number of aliphatic hydroxyl groups is 2. The number of pyridine rings is 2. The predicted molar refractivity (Wildman–Crippen MR) is 111 cm³/mol. The molecule has 7 heteroatoms. The van der Waals surface area contributed by atoms with Crippen LogP contribution in [0.3, 0.4) is 0 Å². The summed E-state index contributed by atoms with van der Waals surface area (Å²) in [4.78, 5) is 14.2. The molecule has 29 heavy (non-hydrogen) atoms. The maximum Gasteiger partial charge on any atom is 0.126 e. The minimum absolute atomic E-state index is 0.245. The summed E-state index contributed by atoms with van der Waals surface area (Å²) in [6, 6.07) is 10.5. The zero-order valence-electron chi connectivity index (χ0n) is 16.4. The highest BCUT2D eigenvalue weighted by Crippen LogP contribution is 2.52. The van der Waals surface area contributed by atoms with Gasteiger partial charge < -0.3 is 20.1 Å². The van der Waals surface area contributed by atoms with E-state index in [1.54, 1.807) is 6.20 Å². The molecule has 3 aromatic rings. The van der Waals surface area contributed by atoms with Crippen LogP contribution >= 0.6 is 0 Å². The van der Waals surface area contributed by atoms with Crippen molar-refractivity contribution in [2.45, 2.75) is 44.2 Å². The molecule has 0 amide bonds. The second kappa shape index (κ2) is 7.24. The number of fused-ring (bicyclic) bond motifs is 5. The second-order valence-electron chi connectivity index (χ2n) is 8.01. The van der Waals surface area contributed by atoms with Crippen molar-refractivity contribution in [3.05, 3.63) is 48.0 Å². The van der Waals surface area contributed by atoms with Gasteiger partial charge in [0, 0.05) is 36.0 Å². The van der Waals surface area contributed by atoms with Crippen LogP contribution in [-0.2, 0) is 0 Å². The molecule has 0 saturated heterocycles. The van der Waals surface area contributed by atoms with Gasteiger partial charge in [-0.3, -0.25) is 4.98 Å². The number of imidazole rings is 1. The Balaban J connectivity index is 1.60. The first kappa shape index (κ1) is 18.3. The zero-order chi connectivity index (χ0) is 20.0. The average molecular weight is 391 g/mol. The number of aliphatic hydroxyl groups excluding tert-OH is 2. The van der Waals surface area contributed by atoms with Crippen molar-refractivity contribution in [3.63, 3.8) is 0 Å². The van der Waals surface area contributed by atoms with Crippen LogP contribution in [0.1, 0.15) is 42.7 Å². The smallest absolute Gasteiger partial charge is 0.126 e. The van der Waals surface area contributed by atoms with E-state index in [1.165, 1.54) is 25.1 Å². The van der Waals surface area contributed by atoms with E-state index in [2.05, 4.69) is 14.9 Å². The van der Waals surface area contributed by atoms with Crippen LogP contribution in [0, 0.1) is 6.92 Å². The highest BCUT2D eigenvalue weighted by molar-refractivity contribution is 5.79. The number of aromatic nitrogens is 4. The van der Waals surface area contributed by atoms with E-state index in [-0.39, 0.29) is 13.2 Å². The monoisotopic (exact) mass is 391 g/mol. The van der Waals surface area contributed by atoms with Gasteiger partial charge in [-0.1, -0.05) is 6.07 Å². The van der Waals surface area contributed by atoms with Gasteiger partial charge >= 0.3 is 0 Å². The van der Waals surface area contributed by atoms with E-state index in [1.807, 2.05) is 37.3 Å². The topological polar surface area (TPSA) is 96.1 Å². The lowest BCUT2D eigenvalue weighted by Crippen LogP contribution is -2.23. The van der Waals surface area contributed by atoms with Crippen molar-refractivity contribution in [3.8, 4) is 22.6 Å². The van der Waals surface area contributed by atoms with Gasteiger partial charge in [0.2, 0.25) is 0 Å². The van der Waals surface area contributed by atoms with Gasteiger partial charge in [-0.05, 0) is 50.5 Å². The second-order valence-corrected chi connectivity index (χ2v) is 8.01. The standard InChI is InChI=1S/C22H25N5O2/c1-13-3-2-4-18(25-13)20-21(27-16-6-5-15(9-16)22(27)26-20)14-7-8-23-19(10-14)24-11-17(29)12-28/h2-4,7-8,10,15-17,28-29H,5-6,9,11-12H2,1H3,(H,23,24)/t15-,16+,17?/m1/s1. The van der Waals surface area contributed by atoms with Crippen LogP contribution in [-0.4, -0.2) is 49.0 Å². The molecule has 0 spiro atoms. The maximum absolute atomic E-state index is 9.63. The largest absolute Gasteiger partial charge is 0.394 e. The molecule has 1 fully saturated rings. The molecule has 3 aromatic heterocycles. The Labute approximate surface area is 169 Å². The van der Waals surface area contributed by atoms with Gasteiger partial charge in [-0.2, -0.15) is 0 Å². The number of nitrogens with zero attached hydrogens (tertiary/aromatic N) is 4. The Morgan fingerprint density at radius 3 is 2.97 bits per heavy atom. The van der Waals surface area contributed by atoms with E-state index in [0.717, 1.165) is 28.3 Å². The van der Waals surface area contributed by atoms with Crippen LogP contribution < -0.4 is 5.32 Å². The lowest BCUT2D eigenvalue weighted by Gasteiger charge is -2.18. The molecule has 0 radical (unpaired) electrons. The van der Waals surface area contributed by atoms with Crippen molar-refractivity contribution in [2.24, 2.45) is 0 Å². The third kappa shape index (κ3) is 3.20. The third-order valence-corrected chi connectivity index (χ3v) is 5.97. The molecular weight excluding hydrogens is 366 g/mol. The summed E-state index contributed by atoms with van der Waals surface area (Å²) in [5, 5.41) is 21.8. The Morgan fingerprint density at radius 2 is 2.14 bits per heavy atom. The first-order valence-corrected chi connectivity index (χ1v) is 10.2. The van der Waals surface area contributed by atoms with Gasteiger partial charge in [-0.15, -0.1) is 0 Å². The summed E-state index contributed by atoms with van der Waals surface area (Å²) < 4.78 is 2.41. The number of aryl methyl sites for hydroxylation is 1. The molecule has 4 heterocycles. The Hall–Kier alpha value is -2.77. The van der Waals surface area contributed by atoms with Crippen LogP contribution in [0.25, 0.3) is 22.6 Å². The van der Waals surface area contributed by atoms with E-state index in [0.29, 0.717) is 17.8 Å². The van der Waals surface area contributed by atoms with Crippen molar-refractivity contribution in [1.82, 2.24) is 19.5 Å². The lowest BCUT2D eigenvalue weighted by atomic mass is 10.1. The summed E-state index contributed by atoms with van der Waals surface area (Å²) in [6.07, 6.45) is 4.53. The van der Waals surface area contributed by atoms with Crippen LogP contribution in [0.4, 0.5) is 5.82 Å². The first-order chi connectivity index (χ1) is 14.1. The molecular formula is C22H25N5O2. The fourth-order valence-electron chi connectivity index (χ4n) is 4.63. The van der Waals surface area contributed by atoms with Crippen LogP contribution in [0.2, 0.25) is 0 Å². The van der Waals surface area contributed by atoms with Crippen LogP contribution in [0.5, 0.6) is 0 Å². The first-order valence-electron chi connectivity index (χ1n) is 10.2. The van der Waals surface area contributed by atoms with Gasteiger partial charge in [0.15, 0.2) is 0 Å². The molecule has 3 atom stereocenters.